The van der Waals surface area contributed by atoms with Crippen LogP contribution in [0.1, 0.15) is 115 Å². The summed E-state index contributed by atoms with van der Waals surface area (Å²) >= 11 is 0. The zero-order valence-corrected chi connectivity index (χ0v) is 40.7. The van der Waals surface area contributed by atoms with E-state index in [-0.39, 0.29) is 43.5 Å². The van der Waals surface area contributed by atoms with Gasteiger partial charge in [0.25, 0.3) is 0 Å². The highest BCUT2D eigenvalue weighted by Crippen LogP contribution is 2.45. The van der Waals surface area contributed by atoms with E-state index in [0.717, 1.165) is 18.7 Å². The number of cyclic esters (lactones) is 1. The molecule has 0 bridgehead atoms. The van der Waals surface area contributed by atoms with E-state index in [1.54, 1.807) is 27.9 Å². The molecule has 17 atom stereocenters. The molecule has 3 fully saturated rings. The number of methoxy groups -OCH3 is 1. The Bertz CT molecular complexity index is 1540. The summed E-state index contributed by atoms with van der Waals surface area (Å²) in [4.78, 5) is 18.9. The summed E-state index contributed by atoms with van der Waals surface area (Å²) in [5, 5.41) is 51.3. The van der Waals surface area contributed by atoms with Gasteiger partial charge in [0.1, 0.15) is 29.0 Å². The molecular weight excluding hydrogens is 795 g/mol. The van der Waals surface area contributed by atoms with E-state index in [1.807, 2.05) is 83.9 Å². The molecule has 3 saturated heterocycles. The van der Waals surface area contributed by atoms with Crippen molar-refractivity contribution in [3.05, 3.63) is 30.3 Å². The molecule has 3 heterocycles. The van der Waals surface area contributed by atoms with Crippen molar-refractivity contribution < 1.29 is 53.6 Å². The number of carbonyl (C=O) groups excluding carboxylic acids is 1. The second-order valence-corrected chi connectivity index (χ2v) is 20.4. The maximum absolute atomic E-state index is 14.6. The van der Waals surface area contributed by atoms with Crippen LogP contribution in [0.25, 0.3) is 0 Å². The fourth-order valence-electron chi connectivity index (χ4n) is 10.7. The first-order valence-corrected chi connectivity index (χ1v) is 23.2. The molecule has 3 aliphatic rings. The summed E-state index contributed by atoms with van der Waals surface area (Å²) in [5.41, 5.74) is -4.18. The van der Waals surface area contributed by atoms with Gasteiger partial charge in [-0.2, -0.15) is 0 Å². The third kappa shape index (κ3) is 11.7. The number of anilines is 1. The van der Waals surface area contributed by atoms with Gasteiger partial charge in [0.05, 0.1) is 36.4 Å². The highest BCUT2D eigenvalue weighted by atomic mass is 16.7. The minimum atomic E-state index is -1.76. The molecule has 1 aromatic rings. The quantitative estimate of drug-likeness (QED) is 0.168. The van der Waals surface area contributed by atoms with E-state index in [9.17, 15) is 25.2 Å². The van der Waals surface area contributed by atoms with Crippen LogP contribution >= 0.6 is 0 Å². The Hall–Kier alpha value is -1.95. The molecule has 14 nitrogen and oxygen atoms in total. The second-order valence-electron chi connectivity index (χ2n) is 20.4. The maximum atomic E-state index is 14.6. The lowest BCUT2D eigenvalue weighted by atomic mass is 9.72. The average Bonchev–Trinajstić information content (AvgIpc) is 3.21. The average molecular weight is 880 g/mol. The van der Waals surface area contributed by atoms with Gasteiger partial charge in [0, 0.05) is 50.3 Å². The van der Waals surface area contributed by atoms with Gasteiger partial charge in [-0.05, 0) is 111 Å². The Morgan fingerprint density at radius 2 is 1.58 bits per heavy atom. The lowest BCUT2D eigenvalue weighted by Gasteiger charge is -2.54. The molecule has 1 aromatic carbocycles. The third-order valence-corrected chi connectivity index (χ3v) is 14.7. The van der Waals surface area contributed by atoms with E-state index in [0.29, 0.717) is 19.4 Å². The molecule has 62 heavy (non-hydrogen) atoms. The molecule has 0 spiro atoms. The number of ether oxygens (including phenoxy) is 6. The zero-order valence-electron chi connectivity index (χ0n) is 40.7. The summed E-state index contributed by atoms with van der Waals surface area (Å²) in [6.07, 6.45) is -5.12. The number of nitrogens with zero attached hydrogens (tertiary/aromatic N) is 2. The van der Waals surface area contributed by atoms with E-state index in [1.165, 1.54) is 0 Å². The normalized spacial score (nSPS) is 43.1. The Morgan fingerprint density at radius 3 is 2.16 bits per heavy atom. The van der Waals surface area contributed by atoms with Crippen molar-refractivity contribution in [3.63, 3.8) is 0 Å². The monoisotopic (exact) mass is 880 g/mol. The van der Waals surface area contributed by atoms with Crippen LogP contribution in [0, 0.1) is 23.2 Å². The van der Waals surface area contributed by atoms with Crippen LogP contribution in [-0.2, 0) is 33.2 Å². The Labute approximate surface area is 373 Å². The first-order valence-electron chi connectivity index (χ1n) is 23.2. The molecule has 3 aliphatic heterocycles. The van der Waals surface area contributed by atoms with Crippen LogP contribution in [0.3, 0.4) is 0 Å². The molecule has 0 aliphatic carbocycles. The number of hydrogen-bond donors (Lipinski definition) is 5. The third-order valence-electron chi connectivity index (χ3n) is 14.7. The van der Waals surface area contributed by atoms with Crippen LogP contribution in [0.5, 0.6) is 0 Å². The number of carbonyl (C=O) groups is 1. The lowest BCUT2D eigenvalue weighted by molar-refractivity contribution is -0.333. The number of benzene rings is 1. The van der Waals surface area contributed by atoms with Crippen molar-refractivity contribution >= 4 is 11.7 Å². The molecule has 5 N–H and O–H groups in total. The van der Waals surface area contributed by atoms with Crippen LogP contribution in [-0.4, -0.2) is 161 Å². The predicted molar refractivity (Wildman–Crippen MR) is 240 cm³/mol. The molecule has 0 unspecified atom stereocenters. The molecule has 0 aromatic heterocycles. The van der Waals surface area contributed by atoms with Crippen molar-refractivity contribution in [2.45, 2.75) is 199 Å². The first kappa shape index (κ1) is 52.7. The van der Waals surface area contributed by atoms with Crippen molar-refractivity contribution in [1.29, 1.82) is 0 Å². The van der Waals surface area contributed by atoms with Crippen molar-refractivity contribution in [2.75, 3.05) is 46.2 Å². The highest BCUT2D eigenvalue weighted by molar-refractivity contribution is 5.73. The molecule has 358 valence electrons. The molecule has 0 radical (unpaired) electrons. The highest BCUT2D eigenvalue weighted by Gasteiger charge is 2.58. The maximum Gasteiger partial charge on any atom is 0.311 e. The fraction of sp³-hybridized carbons (Fsp3) is 0.854. The van der Waals surface area contributed by atoms with Crippen molar-refractivity contribution in [1.82, 2.24) is 9.80 Å². The van der Waals surface area contributed by atoms with Crippen molar-refractivity contribution in [2.24, 2.45) is 23.2 Å². The standard InChI is InChI=1S/C48H85N3O11/c1-16-23-51-27-29(3)41(53)47(12,55)37(17-2)60-43(54)33(7)40(61-38-26-46(11,57-15)48(56,34(8)59-38)28-49-35-21-19-18-20-22-35)32(6)42(45(9,10)25-30(51)4)62-44-39(52)36(50(13)14)24-31(5)58-44/h18-22,29-34,36-42,44,49,52-53,55-56H,16-17,23-28H2,1-15H3/t29-,30+,31+,32-,33+,34-,36-,37+,38+,39+,40+,41+,42+,44-,46-,47+,48+/m0/s1. The lowest BCUT2D eigenvalue weighted by Crippen LogP contribution is -2.69. The predicted octanol–water partition coefficient (Wildman–Crippen LogP) is 5.44. The Morgan fingerprint density at radius 1 is 0.935 bits per heavy atom. The van der Waals surface area contributed by atoms with Gasteiger partial charge in [-0.3, -0.25) is 4.79 Å². The SMILES string of the molecule is CCCN1C[C@H](C)[C@@H](O)[C@](C)(O)[C@@H](CC)OC(=O)[C@H](C)[C@H](O[C@@H]2C[C@](C)(OC)[C@@](O)(CNc3ccccc3)[C@H](C)O2)[C@H](C)[C@@H](O[C@@H]2O[C@H](C)C[C@H](N(C)C)[C@H]2O)C(C)(C)C[C@H]1C. The molecule has 4 rings (SSSR count). The fourth-order valence-corrected chi connectivity index (χ4v) is 10.7. The molecule has 0 amide bonds. The number of likely N-dealkylation sites (N-methyl/N-ethyl adjacent to an activating group) is 1. The van der Waals surface area contributed by atoms with Gasteiger partial charge >= 0.3 is 5.97 Å². The first-order chi connectivity index (χ1) is 28.9. The number of hydrogen-bond acceptors (Lipinski definition) is 14. The van der Waals surface area contributed by atoms with Crippen LogP contribution in [0.15, 0.2) is 30.3 Å². The summed E-state index contributed by atoms with van der Waals surface area (Å²) < 4.78 is 39.5. The summed E-state index contributed by atoms with van der Waals surface area (Å²) in [5.74, 6) is -2.46. The van der Waals surface area contributed by atoms with Crippen molar-refractivity contribution in [3.8, 4) is 0 Å². The van der Waals surface area contributed by atoms with Crippen LogP contribution < -0.4 is 5.32 Å². The number of aliphatic hydroxyl groups is 4. The number of rotatable bonds is 12. The van der Waals surface area contributed by atoms with Gasteiger partial charge in [-0.25, -0.2) is 0 Å². The van der Waals surface area contributed by atoms with Gasteiger partial charge in [0.2, 0.25) is 0 Å². The minimum absolute atomic E-state index is 0.00220. The van der Waals surface area contributed by atoms with Gasteiger partial charge in [-0.1, -0.05) is 59.7 Å². The van der Waals surface area contributed by atoms with Crippen LogP contribution in [0.4, 0.5) is 5.69 Å². The summed E-state index contributed by atoms with van der Waals surface area (Å²) in [6, 6.07) is 9.41. The minimum Gasteiger partial charge on any atom is -0.459 e. The topological polar surface area (TPSA) is 172 Å². The largest absolute Gasteiger partial charge is 0.459 e. The van der Waals surface area contributed by atoms with Gasteiger partial charge < -0.3 is 64.0 Å². The number of aliphatic hydroxyl groups excluding tert-OH is 2. The Kier molecular flexibility index (Phi) is 18.3. The summed E-state index contributed by atoms with van der Waals surface area (Å²) in [6.45, 7) is 24.7. The Balaban J connectivity index is 1.83. The molecule has 0 saturated carbocycles. The zero-order chi connectivity index (χ0) is 46.5. The number of para-hydroxylation sites is 1. The number of esters is 1. The van der Waals surface area contributed by atoms with E-state index in [4.69, 9.17) is 28.4 Å². The summed E-state index contributed by atoms with van der Waals surface area (Å²) in [7, 11) is 5.45. The molecule has 14 heteroatoms. The van der Waals surface area contributed by atoms with Crippen LogP contribution in [0.2, 0.25) is 0 Å². The number of nitrogens with one attached hydrogen (secondary N) is 1. The smallest absolute Gasteiger partial charge is 0.311 e. The molecular formula is C48H85N3O11. The van der Waals surface area contributed by atoms with E-state index >= 15 is 0 Å². The second kappa shape index (κ2) is 21.6. The van der Waals surface area contributed by atoms with E-state index < -0.39 is 89.2 Å². The van der Waals surface area contributed by atoms with Gasteiger partial charge in [-0.15, -0.1) is 0 Å². The van der Waals surface area contributed by atoms with Gasteiger partial charge in [0.15, 0.2) is 12.6 Å². The van der Waals surface area contributed by atoms with E-state index in [2.05, 4.69) is 37.9 Å².